The maximum absolute atomic E-state index is 14.0. The van der Waals surface area contributed by atoms with Gasteiger partial charge in [-0.2, -0.15) is 0 Å². The predicted octanol–water partition coefficient (Wildman–Crippen LogP) is 2.49. The second-order valence-electron chi connectivity index (χ2n) is 5.26. The smallest absolute Gasteiger partial charge is 0.130 e. The molecule has 0 saturated carbocycles. The van der Waals surface area contributed by atoms with E-state index in [0.29, 0.717) is 0 Å². The van der Waals surface area contributed by atoms with Crippen molar-refractivity contribution in [3.8, 4) is 0 Å². The third-order valence-corrected chi connectivity index (χ3v) is 3.41. The summed E-state index contributed by atoms with van der Waals surface area (Å²) in [7, 11) is 8.01. The summed E-state index contributed by atoms with van der Waals surface area (Å²) in [5.74, 6) is -0.140. The fourth-order valence-electron chi connectivity index (χ4n) is 2.18. The van der Waals surface area contributed by atoms with Gasteiger partial charge >= 0.3 is 0 Å². The van der Waals surface area contributed by atoms with Gasteiger partial charge in [0, 0.05) is 30.9 Å². The third-order valence-electron chi connectivity index (χ3n) is 3.41. The lowest BCUT2D eigenvalue weighted by molar-refractivity contribution is 0.401. The monoisotopic (exact) mass is 267 g/mol. The van der Waals surface area contributed by atoms with E-state index in [9.17, 15) is 4.39 Å². The normalized spacial score (nSPS) is 12.8. The van der Waals surface area contributed by atoms with Crippen molar-refractivity contribution in [1.82, 2.24) is 10.2 Å². The molecule has 0 saturated heterocycles. The molecule has 0 aliphatic rings. The Bertz CT molecular complexity index is 393. The molecule has 3 nitrogen and oxygen atoms in total. The van der Waals surface area contributed by atoms with Crippen LogP contribution in [0, 0.1) is 5.82 Å². The van der Waals surface area contributed by atoms with E-state index < -0.39 is 0 Å². The summed E-state index contributed by atoms with van der Waals surface area (Å²) in [4.78, 5) is 4.30. The van der Waals surface area contributed by atoms with Crippen molar-refractivity contribution in [2.75, 3.05) is 46.2 Å². The number of anilines is 1. The summed E-state index contributed by atoms with van der Waals surface area (Å²) in [6.07, 6.45) is 1.06. The molecule has 108 valence electrons. The van der Waals surface area contributed by atoms with Gasteiger partial charge in [-0.25, -0.2) is 4.39 Å². The first-order valence-corrected chi connectivity index (χ1v) is 6.79. The van der Waals surface area contributed by atoms with Crippen molar-refractivity contribution < 1.29 is 4.39 Å². The standard InChI is InChI=1S/C15H26FN3/c1-12(17-2)15-13(16)8-6-9-14(15)19(5)11-7-10-18(3)4/h6,8-9,12,17H,7,10-11H2,1-5H3. The minimum absolute atomic E-state index is 0.00694. The molecular formula is C15H26FN3. The summed E-state index contributed by atoms with van der Waals surface area (Å²) >= 11 is 0. The molecule has 0 heterocycles. The van der Waals surface area contributed by atoms with Crippen molar-refractivity contribution in [1.29, 1.82) is 0 Å². The Morgan fingerprint density at radius 1 is 1.21 bits per heavy atom. The lowest BCUT2D eigenvalue weighted by Crippen LogP contribution is -2.26. The number of rotatable bonds is 7. The average molecular weight is 267 g/mol. The first-order valence-electron chi connectivity index (χ1n) is 6.79. The van der Waals surface area contributed by atoms with E-state index in [1.54, 1.807) is 6.07 Å². The SMILES string of the molecule is CNC(C)c1c(F)cccc1N(C)CCCN(C)C. The van der Waals surface area contributed by atoms with Crippen LogP contribution in [0.2, 0.25) is 0 Å². The molecular weight excluding hydrogens is 241 g/mol. The molecule has 0 bridgehead atoms. The molecule has 1 atom stereocenters. The quantitative estimate of drug-likeness (QED) is 0.819. The highest BCUT2D eigenvalue weighted by atomic mass is 19.1. The Hall–Kier alpha value is -1.13. The van der Waals surface area contributed by atoms with Gasteiger partial charge in [0.15, 0.2) is 0 Å². The van der Waals surface area contributed by atoms with Gasteiger partial charge in [0.05, 0.1) is 0 Å². The minimum atomic E-state index is -0.140. The van der Waals surface area contributed by atoms with Crippen LogP contribution in [0.5, 0.6) is 0 Å². The molecule has 0 aromatic heterocycles. The molecule has 4 heteroatoms. The third kappa shape index (κ3) is 4.48. The minimum Gasteiger partial charge on any atom is -0.374 e. The van der Waals surface area contributed by atoms with Gasteiger partial charge < -0.3 is 15.1 Å². The molecule has 0 aliphatic heterocycles. The van der Waals surface area contributed by atoms with Crippen molar-refractivity contribution >= 4 is 5.69 Å². The Kier molecular flexibility index (Phi) is 6.25. The van der Waals surface area contributed by atoms with Crippen molar-refractivity contribution in [2.24, 2.45) is 0 Å². The molecule has 0 aliphatic carbocycles. The first kappa shape index (κ1) is 15.9. The number of benzene rings is 1. The van der Waals surface area contributed by atoms with Gasteiger partial charge in [0.2, 0.25) is 0 Å². The molecule has 19 heavy (non-hydrogen) atoms. The Morgan fingerprint density at radius 3 is 2.47 bits per heavy atom. The highest BCUT2D eigenvalue weighted by molar-refractivity contribution is 5.55. The van der Waals surface area contributed by atoms with Crippen LogP contribution < -0.4 is 10.2 Å². The van der Waals surface area contributed by atoms with E-state index >= 15 is 0 Å². The zero-order valence-electron chi connectivity index (χ0n) is 12.7. The van der Waals surface area contributed by atoms with Crippen LogP contribution >= 0.6 is 0 Å². The molecule has 1 rings (SSSR count). The van der Waals surface area contributed by atoms with Crippen molar-refractivity contribution in [3.63, 3.8) is 0 Å². The van der Waals surface area contributed by atoms with Crippen LogP contribution in [-0.4, -0.2) is 46.2 Å². The molecule has 1 unspecified atom stereocenters. The van der Waals surface area contributed by atoms with E-state index in [2.05, 4.69) is 29.2 Å². The highest BCUT2D eigenvalue weighted by Gasteiger charge is 2.16. The van der Waals surface area contributed by atoms with Crippen molar-refractivity contribution in [3.05, 3.63) is 29.6 Å². The van der Waals surface area contributed by atoms with Gasteiger partial charge in [-0.15, -0.1) is 0 Å². The fourth-order valence-corrected chi connectivity index (χ4v) is 2.18. The van der Waals surface area contributed by atoms with Crippen LogP contribution in [-0.2, 0) is 0 Å². The molecule has 1 aromatic rings. The fraction of sp³-hybridized carbons (Fsp3) is 0.600. The summed E-state index contributed by atoms with van der Waals surface area (Å²) in [6.45, 7) is 3.94. The van der Waals surface area contributed by atoms with Gasteiger partial charge in [0.1, 0.15) is 5.82 Å². The Labute approximate surface area is 116 Å². The topological polar surface area (TPSA) is 18.5 Å². The summed E-state index contributed by atoms with van der Waals surface area (Å²) < 4.78 is 14.0. The first-order chi connectivity index (χ1) is 8.97. The average Bonchev–Trinajstić information content (AvgIpc) is 2.37. The lowest BCUT2D eigenvalue weighted by Gasteiger charge is -2.26. The van der Waals surface area contributed by atoms with Gasteiger partial charge in [-0.05, 0) is 53.2 Å². The summed E-state index contributed by atoms with van der Waals surface area (Å²) in [5.41, 5.74) is 1.72. The number of hydrogen-bond acceptors (Lipinski definition) is 3. The van der Waals surface area contributed by atoms with Crippen molar-refractivity contribution in [2.45, 2.75) is 19.4 Å². The van der Waals surface area contributed by atoms with E-state index in [-0.39, 0.29) is 11.9 Å². The molecule has 0 spiro atoms. The Balaban J connectivity index is 2.84. The van der Waals surface area contributed by atoms with Gasteiger partial charge in [-0.3, -0.25) is 0 Å². The zero-order chi connectivity index (χ0) is 14.4. The van der Waals surface area contributed by atoms with E-state index in [0.717, 1.165) is 30.8 Å². The van der Waals surface area contributed by atoms with E-state index in [4.69, 9.17) is 0 Å². The van der Waals surface area contributed by atoms with Crippen LogP contribution in [0.15, 0.2) is 18.2 Å². The second kappa shape index (κ2) is 7.46. The maximum atomic E-state index is 14.0. The molecule has 0 amide bonds. The number of nitrogens with zero attached hydrogens (tertiary/aromatic N) is 2. The zero-order valence-corrected chi connectivity index (χ0v) is 12.7. The molecule has 0 radical (unpaired) electrons. The van der Waals surface area contributed by atoms with Crippen LogP contribution in [0.25, 0.3) is 0 Å². The van der Waals surface area contributed by atoms with Crippen LogP contribution in [0.4, 0.5) is 10.1 Å². The van der Waals surface area contributed by atoms with E-state index in [1.165, 1.54) is 6.07 Å². The number of halogens is 1. The summed E-state index contributed by atoms with van der Waals surface area (Å²) in [6, 6.07) is 5.30. The largest absolute Gasteiger partial charge is 0.374 e. The lowest BCUT2D eigenvalue weighted by atomic mass is 10.0. The predicted molar refractivity (Wildman–Crippen MR) is 80.3 cm³/mol. The number of hydrogen-bond donors (Lipinski definition) is 1. The highest BCUT2D eigenvalue weighted by Crippen LogP contribution is 2.28. The van der Waals surface area contributed by atoms with Crippen LogP contribution in [0.3, 0.4) is 0 Å². The molecule has 0 fully saturated rings. The molecule has 1 aromatic carbocycles. The number of nitrogens with one attached hydrogen (secondary N) is 1. The van der Waals surface area contributed by atoms with Gasteiger partial charge in [-0.1, -0.05) is 6.07 Å². The molecule has 1 N–H and O–H groups in total. The second-order valence-corrected chi connectivity index (χ2v) is 5.26. The van der Waals surface area contributed by atoms with Gasteiger partial charge in [0.25, 0.3) is 0 Å². The maximum Gasteiger partial charge on any atom is 0.130 e. The Morgan fingerprint density at radius 2 is 1.89 bits per heavy atom. The van der Waals surface area contributed by atoms with E-state index in [1.807, 2.05) is 27.1 Å². The summed E-state index contributed by atoms with van der Waals surface area (Å²) in [5, 5.41) is 3.12. The van der Waals surface area contributed by atoms with Crippen LogP contribution in [0.1, 0.15) is 24.9 Å².